The van der Waals surface area contributed by atoms with Crippen LogP contribution in [0.5, 0.6) is 0 Å². The van der Waals surface area contributed by atoms with Crippen LogP contribution in [-0.4, -0.2) is 17.8 Å². The quantitative estimate of drug-likeness (QED) is 0.632. The molecule has 0 aliphatic carbocycles. The fourth-order valence-electron chi connectivity index (χ4n) is 0.447. The Balaban J connectivity index is 3.16. The van der Waals surface area contributed by atoms with Crippen LogP contribution in [0.3, 0.4) is 0 Å². The van der Waals surface area contributed by atoms with Gasteiger partial charge in [-0.2, -0.15) is 0 Å². The monoisotopic (exact) mass is 134 g/mol. The highest BCUT2D eigenvalue weighted by Gasteiger charge is 2.03. The molecule has 0 rings (SSSR count). The van der Waals surface area contributed by atoms with E-state index in [4.69, 9.17) is 5.11 Å². The van der Waals surface area contributed by atoms with Crippen molar-refractivity contribution in [2.75, 3.05) is 6.67 Å². The molecule has 1 atom stereocenters. The van der Waals surface area contributed by atoms with Gasteiger partial charge in [-0.1, -0.05) is 6.92 Å². The number of hydrogen-bond donors (Lipinski definition) is 1. The largest absolute Gasteiger partial charge is 0.481 e. The summed E-state index contributed by atoms with van der Waals surface area (Å²) < 4.78 is 11.6. The SMILES string of the molecule is CC(CF)CCC(=O)O. The van der Waals surface area contributed by atoms with Crippen LogP contribution in [-0.2, 0) is 4.79 Å². The third-order valence-electron chi connectivity index (χ3n) is 1.11. The van der Waals surface area contributed by atoms with E-state index in [0.717, 1.165) is 0 Å². The van der Waals surface area contributed by atoms with Crippen LogP contribution < -0.4 is 0 Å². The zero-order chi connectivity index (χ0) is 7.28. The van der Waals surface area contributed by atoms with Crippen molar-refractivity contribution in [2.45, 2.75) is 19.8 Å². The fraction of sp³-hybridized carbons (Fsp3) is 0.833. The number of carboxylic acid groups (broad SMARTS) is 1. The molecule has 0 aromatic carbocycles. The van der Waals surface area contributed by atoms with Crippen molar-refractivity contribution in [1.29, 1.82) is 0 Å². The molecular weight excluding hydrogens is 123 g/mol. The second-order valence-electron chi connectivity index (χ2n) is 2.19. The van der Waals surface area contributed by atoms with E-state index in [1.165, 1.54) is 0 Å². The molecule has 0 amide bonds. The normalized spacial score (nSPS) is 13.1. The fourth-order valence-corrected chi connectivity index (χ4v) is 0.447. The molecule has 1 N–H and O–H groups in total. The van der Waals surface area contributed by atoms with Crippen LogP contribution in [0.25, 0.3) is 0 Å². The molecule has 0 saturated heterocycles. The topological polar surface area (TPSA) is 37.3 Å². The van der Waals surface area contributed by atoms with Crippen LogP contribution >= 0.6 is 0 Å². The lowest BCUT2D eigenvalue weighted by molar-refractivity contribution is -0.137. The van der Waals surface area contributed by atoms with Crippen LogP contribution in [0.15, 0.2) is 0 Å². The lowest BCUT2D eigenvalue weighted by Crippen LogP contribution is -2.01. The Kier molecular flexibility index (Phi) is 4.01. The van der Waals surface area contributed by atoms with Gasteiger partial charge >= 0.3 is 5.97 Å². The molecular formula is C6H11FO2. The van der Waals surface area contributed by atoms with Crippen molar-refractivity contribution in [1.82, 2.24) is 0 Å². The van der Waals surface area contributed by atoms with Crippen LogP contribution in [0.4, 0.5) is 4.39 Å². The Morgan fingerprint density at radius 2 is 2.33 bits per heavy atom. The van der Waals surface area contributed by atoms with Gasteiger partial charge in [0.25, 0.3) is 0 Å². The van der Waals surface area contributed by atoms with E-state index in [1.807, 2.05) is 0 Å². The van der Waals surface area contributed by atoms with Crippen LogP contribution in [0.1, 0.15) is 19.8 Å². The first kappa shape index (κ1) is 8.40. The zero-order valence-corrected chi connectivity index (χ0v) is 5.43. The summed E-state index contributed by atoms with van der Waals surface area (Å²) in [5.74, 6) is -0.962. The van der Waals surface area contributed by atoms with Gasteiger partial charge < -0.3 is 5.11 Å². The van der Waals surface area contributed by atoms with Crippen molar-refractivity contribution in [3.8, 4) is 0 Å². The minimum atomic E-state index is -0.852. The third-order valence-corrected chi connectivity index (χ3v) is 1.11. The first-order valence-electron chi connectivity index (χ1n) is 2.94. The Hall–Kier alpha value is -0.600. The highest BCUT2D eigenvalue weighted by Crippen LogP contribution is 2.04. The van der Waals surface area contributed by atoms with Crippen molar-refractivity contribution in [2.24, 2.45) is 5.92 Å². The van der Waals surface area contributed by atoms with Crippen molar-refractivity contribution < 1.29 is 14.3 Å². The maximum atomic E-state index is 11.6. The molecule has 54 valence electrons. The van der Waals surface area contributed by atoms with Gasteiger partial charge in [0.1, 0.15) is 0 Å². The lowest BCUT2D eigenvalue weighted by atomic mass is 10.1. The predicted octanol–water partition coefficient (Wildman–Crippen LogP) is 1.46. The number of halogens is 1. The predicted molar refractivity (Wildman–Crippen MR) is 32.0 cm³/mol. The molecule has 3 heteroatoms. The molecule has 0 fully saturated rings. The number of carbonyl (C=O) groups is 1. The molecule has 9 heavy (non-hydrogen) atoms. The molecule has 0 saturated carbocycles. The second kappa shape index (κ2) is 4.30. The van der Waals surface area contributed by atoms with Gasteiger partial charge in [0, 0.05) is 6.42 Å². The second-order valence-corrected chi connectivity index (χ2v) is 2.19. The molecule has 0 radical (unpaired) electrons. The Morgan fingerprint density at radius 1 is 1.78 bits per heavy atom. The molecule has 0 aromatic heterocycles. The van der Waals surface area contributed by atoms with Gasteiger partial charge in [0.15, 0.2) is 0 Å². The van der Waals surface area contributed by atoms with E-state index in [-0.39, 0.29) is 12.3 Å². The summed E-state index contributed by atoms with van der Waals surface area (Å²) in [6.45, 7) is 1.27. The van der Waals surface area contributed by atoms with Gasteiger partial charge in [-0.05, 0) is 12.3 Å². The van der Waals surface area contributed by atoms with E-state index in [9.17, 15) is 9.18 Å². The molecule has 0 spiro atoms. The summed E-state index contributed by atoms with van der Waals surface area (Å²) in [4.78, 5) is 9.90. The number of alkyl halides is 1. The van der Waals surface area contributed by atoms with E-state index < -0.39 is 12.6 Å². The van der Waals surface area contributed by atoms with Gasteiger partial charge in [-0.3, -0.25) is 9.18 Å². The van der Waals surface area contributed by atoms with E-state index in [2.05, 4.69) is 0 Å². The summed E-state index contributed by atoms with van der Waals surface area (Å²) in [7, 11) is 0. The van der Waals surface area contributed by atoms with Crippen molar-refractivity contribution in [3.63, 3.8) is 0 Å². The average Bonchev–Trinajstić information content (AvgIpc) is 1.83. The number of carboxylic acids is 1. The Labute approximate surface area is 53.7 Å². The molecule has 2 nitrogen and oxygen atoms in total. The summed E-state index contributed by atoms with van der Waals surface area (Å²) in [6.07, 6.45) is 0.511. The van der Waals surface area contributed by atoms with Crippen molar-refractivity contribution >= 4 is 5.97 Å². The van der Waals surface area contributed by atoms with E-state index in [1.54, 1.807) is 6.92 Å². The van der Waals surface area contributed by atoms with Crippen LogP contribution in [0, 0.1) is 5.92 Å². The standard InChI is InChI=1S/C6H11FO2/c1-5(4-7)2-3-6(8)9/h5H,2-4H2,1H3,(H,8,9). The maximum absolute atomic E-state index is 11.6. The summed E-state index contributed by atoms with van der Waals surface area (Å²) >= 11 is 0. The summed E-state index contributed by atoms with van der Waals surface area (Å²) in [5, 5.41) is 8.14. The first-order chi connectivity index (χ1) is 4.16. The summed E-state index contributed by atoms with van der Waals surface area (Å²) in [6, 6.07) is 0. The minimum Gasteiger partial charge on any atom is -0.481 e. The highest BCUT2D eigenvalue weighted by molar-refractivity contribution is 5.66. The zero-order valence-electron chi connectivity index (χ0n) is 5.43. The first-order valence-corrected chi connectivity index (χ1v) is 2.94. The third kappa shape index (κ3) is 5.27. The van der Waals surface area contributed by atoms with Gasteiger partial charge in [-0.15, -0.1) is 0 Å². The molecule has 0 bridgehead atoms. The van der Waals surface area contributed by atoms with E-state index >= 15 is 0 Å². The number of hydrogen-bond acceptors (Lipinski definition) is 1. The number of aliphatic carboxylic acids is 1. The molecule has 0 aliphatic heterocycles. The van der Waals surface area contributed by atoms with Gasteiger partial charge in [0.2, 0.25) is 0 Å². The smallest absolute Gasteiger partial charge is 0.303 e. The van der Waals surface area contributed by atoms with Gasteiger partial charge in [-0.25, -0.2) is 0 Å². The summed E-state index contributed by atoms with van der Waals surface area (Å²) in [5.41, 5.74) is 0. The lowest BCUT2D eigenvalue weighted by Gasteiger charge is -2.01. The van der Waals surface area contributed by atoms with Gasteiger partial charge in [0.05, 0.1) is 6.67 Å². The molecule has 0 heterocycles. The Morgan fingerprint density at radius 3 is 2.67 bits per heavy atom. The van der Waals surface area contributed by atoms with Crippen molar-refractivity contribution in [3.05, 3.63) is 0 Å². The average molecular weight is 134 g/mol. The minimum absolute atomic E-state index is 0.0745. The molecule has 1 unspecified atom stereocenters. The van der Waals surface area contributed by atoms with E-state index in [0.29, 0.717) is 6.42 Å². The number of rotatable bonds is 4. The Bertz CT molecular complexity index is 93.1. The van der Waals surface area contributed by atoms with Crippen LogP contribution in [0.2, 0.25) is 0 Å². The molecule has 0 aliphatic rings. The molecule has 0 aromatic rings. The maximum Gasteiger partial charge on any atom is 0.303 e. The highest BCUT2D eigenvalue weighted by atomic mass is 19.1.